The molecule has 0 unspecified atom stereocenters. The number of amides is 1. The van der Waals surface area contributed by atoms with Crippen LogP contribution < -0.4 is 5.32 Å². The van der Waals surface area contributed by atoms with E-state index in [0.29, 0.717) is 11.4 Å². The number of pyridine rings is 1. The monoisotopic (exact) mass is 295 g/mol. The van der Waals surface area contributed by atoms with E-state index in [1.807, 2.05) is 18.2 Å². The molecule has 2 aromatic heterocycles. The molecular formula is C16H13N3OS. The second kappa shape index (κ2) is 6.28. The first-order chi connectivity index (χ1) is 10.3. The minimum atomic E-state index is -0.210. The molecule has 0 atom stereocenters. The van der Waals surface area contributed by atoms with Gasteiger partial charge in [0.05, 0.1) is 16.9 Å². The van der Waals surface area contributed by atoms with E-state index in [-0.39, 0.29) is 5.91 Å². The van der Waals surface area contributed by atoms with Crippen LogP contribution in [0.15, 0.2) is 60.2 Å². The van der Waals surface area contributed by atoms with Crippen molar-refractivity contribution in [3.8, 4) is 0 Å². The predicted molar refractivity (Wildman–Crippen MR) is 83.6 cm³/mol. The summed E-state index contributed by atoms with van der Waals surface area (Å²) < 4.78 is 0. The van der Waals surface area contributed by atoms with Crippen LogP contribution in [-0.4, -0.2) is 15.9 Å². The van der Waals surface area contributed by atoms with Gasteiger partial charge >= 0.3 is 0 Å². The number of carbonyl (C=O) groups excluding carboxylic acids is 1. The summed E-state index contributed by atoms with van der Waals surface area (Å²) in [6, 6.07) is 13.7. The summed E-state index contributed by atoms with van der Waals surface area (Å²) in [5, 5.41) is 5.49. The Morgan fingerprint density at radius 2 is 2.00 bits per heavy atom. The summed E-state index contributed by atoms with van der Waals surface area (Å²) in [4.78, 5) is 20.4. The van der Waals surface area contributed by atoms with Crippen molar-refractivity contribution < 1.29 is 4.79 Å². The van der Waals surface area contributed by atoms with Gasteiger partial charge < -0.3 is 5.32 Å². The van der Waals surface area contributed by atoms with Crippen molar-refractivity contribution in [1.29, 1.82) is 0 Å². The lowest BCUT2D eigenvalue weighted by Gasteiger charge is -2.01. The van der Waals surface area contributed by atoms with Gasteiger partial charge in [0.25, 0.3) is 5.91 Å². The van der Waals surface area contributed by atoms with Crippen LogP contribution in [0.25, 0.3) is 0 Å². The van der Waals surface area contributed by atoms with Crippen molar-refractivity contribution >= 4 is 22.9 Å². The number of rotatable bonds is 4. The Morgan fingerprint density at radius 1 is 1.14 bits per heavy atom. The van der Waals surface area contributed by atoms with Crippen LogP contribution in [0.4, 0.5) is 5.69 Å². The third kappa shape index (κ3) is 3.52. The molecule has 1 amide bonds. The van der Waals surface area contributed by atoms with Crippen molar-refractivity contribution in [3.63, 3.8) is 0 Å². The molecule has 104 valence electrons. The topological polar surface area (TPSA) is 54.9 Å². The largest absolute Gasteiger partial charge is 0.319 e. The maximum absolute atomic E-state index is 12.1. The van der Waals surface area contributed by atoms with Crippen molar-refractivity contribution in [2.75, 3.05) is 5.32 Å². The van der Waals surface area contributed by atoms with Gasteiger partial charge in [-0.3, -0.25) is 9.78 Å². The first kappa shape index (κ1) is 13.5. The molecule has 1 N–H and O–H groups in total. The lowest BCUT2D eigenvalue weighted by Crippen LogP contribution is -2.12. The van der Waals surface area contributed by atoms with Gasteiger partial charge in [0.1, 0.15) is 5.69 Å². The van der Waals surface area contributed by atoms with Gasteiger partial charge in [0, 0.05) is 18.0 Å². The Bertz CT molecular complexity index is 726. The zero-order chi connectivity index (χ0) is 14.5. The number of hydrogen-bond donors (Lipinski definition) is 1. The summed E-state index contributed by atoms with van der Waals surface area (Å²) in [5.74, 6) is -0.210. The molecule has 0 saturated carbocycles. The fourth-order valence-corrected chi connectivity index (χ4v) is 2.71. The molecule has 2 heterocycles. The van der Waals surface area contributed by atoms with E-state index in [9.17, 15) is 4.79 Å². The summed E-state index contributed by atoms with van der Waals surface area (Å²) in [6.45, 7) is 0. The van der Waals surface area contributed by atoms with E-state index < -0.39 is 0 Å². The summed E-state index contributed by atoms with van der Waals surface area (Å²) in [7, 11) is 0. The van der Waals surface area contributed by atoms with Crippen molar-refractivity contribution in [2.24, 2.45) is 0 Å². The highest BCUT2D eigenvalue weighted by atomic mass is 32.1. The van der Waals surface area contributed by atoms with Crippen molar-refractivity contribution in [3.05, 3.63) is 76.5 Å². The highest BCUT2D eigenvalue weighted by Gasteiger charge is 2.11. The molecule has 0 aliphatic carbocycles. The molecule has 3 aromatic rings. The number of anilines is 1. The van der Waals surface area contributed by atoms with E-state index >= 15 is 0 Å². The molecule has 0 spiro atoms. The van der Waals surface area contributed by atoms with Crippen LogP contribution in [0.3, 0.4) is 0 Å². The van der Waals surface area contributed by atoms with Crippen LogP contribution >= 0.6 is 11.3 Å². The third-order valence-electron chi connectivity index (χ3n) is 2.90. The molecular weight excluding hydrogens is 282 g/mol. The van der Waals surface area contributed by atoms with Crippen molar-refractivity contribution in [1.82, 2.24) is 9.97 Å². The molecule has 4 nitrogen and oxygen atoms in total. The zero-order valence-corrected chi connectivity index (χ0v) is 12.0. The molecule has 3 rings (SSSR count). The predicted octanol–water partition coefficient (Wildman–Crippen LogP) is 3.38. The zero-order valence-electron chi connectivity index (χ0n) is 11.2. The number of benzene rings is 1. The van der Waals surface area contributed by atoms with E-state index in [0.717, 1.165) is 11.4 Å². The summed E-state index contributed by atoms with van der Waals surface area (Å²) >= 11 is 1.50. The lowest BCUT2D eigenvalue weighted by atomic mass is 10.2. The van der Waals surface area contributed by atoms with Gasteiger partial charge in [-0.2, -0.15) is 0 Å². The summed E-state index contributed by atoms with van der Waals surface area (Å²) in [5.41, 5.74) is 2.29. The molecule has 0 fully saturated rings. The number of carbonyl (C=O) groups is 1. The van der Waals surface area contributed by atoms with E-state index in [2.05, 4.69) is 27.4 Å². The van der Waals surface area contributed by atoms with Crippen LogP contribution in [-0.2, 0) is 6.42 Å². The molecule has 1 aromatic carbocycles. The fraction of sp³-hybridized carbons (Fsp3) is 0.0625. The van der Waals surface area contributed by atoms with Crippen LogP contribution in [0.1, 0.15) is 21.1 Å². The summed E-state index contributed by atoms with van der Waals surface area (Å²) in [6.07, 6.45) is 4.01. The number of thiazole rings is 1. The van der Waals surface area contributed by atoms with Crippen LogP contribution in [0.5, 0.6) is 0 Å². The van der Waals surface area contributed by atoms with Gasteiger partial charge in [-0.25, -0.2) is 4.98 Å². The highest BCUT2D eigenvalue weighted by molar-refractivity contribution is 7.09. The standard InChI is InChI=1S/C16H13N3OS/c20-16(18-13-7-4-8-17-10-13)14-11-21-15(19-14)9-12-5-2-1-3-6-12/h1-8,10-11H,9H2,(H,18,20). The van der Waals surface area contributed by atoms with Crippen LogP contribution in [0, 0.1) is 0 Å². The maximum Gasteiger partial charge on any atom is 0.275 e. The third-order valence-corrected chi connectivity index (χ3v) is 3.75. The van der Waals surface area contributed by atoms with Gasteiger partial charge in [-0.05, 0) is 17.7 Å². The lowest BCUT2D eigenvalue weighted by molar-refractivity contribution is 0.102. The fourth-order valence-electron chi connectivity index (χ4n) is 1.90. The Balaban J connectivity index is 1.68. The highest BCUT2D eigenvalue weighted by Crippen LogP contribution is 2.16. The van der Waals surface area contributed by atoms with Gasteiger partial charge in [-0.15, -0.1) is 11.3 Å². The van der Waals surface area contributed by atoms with E-state index in [1.165, 1.54) is 16.9 Å². The number of aromatic nitrogens is 2. The minimum absolute atomic E-state index is 0.210. The molecule has 5 heteroatoms. The molecule has 0 aliphatic rings. The quantitative estimate of drug-likeness (QED) is 0.802. The minimum Gasteiger partial charge on any atom is -0.319 e. The second-order valence-corrected chi connectivity index (χ2v) is 5.43. The van der Waals surface area contributed by atoms with E-state index in [4.69, 9.17) is 0 Å². The molecule has 0 radical (unpaired) electrons. The van der Waals surface area contributed by atoms with Gasteiger partial charge in [0.2, 0.25) is 0 Å². The normalized spacial score (nSPS) is 10.3. The molecule has 21 heavy (non-hydrogen) atoms. The Hall–Kier alpha value is -2.53. The maximum atomic E-state index is 12.1. The average molecular weight is 295 g/mol. The first-order valence-corrected chi connectivity index (χ1v) is 7.39. The Kier molecular flexibility index (Phi) is 4.02. The molecule has 0 saturated heterocycles. The second-order valence-electron chi connectivity index (χ2n) is 4.48. The SMILES string of the molecule is O=C(Nc1cccnc1)c1csc(Cc2ccccc2)n1. The first-order valence-electron chi connectivity index (χ1n) is 6.51. The number of nitrogens with one attached hydrogen (secondary N) is 1. The smallest absolute Gasteiger partial charge is 0.275 e. The Morgan fingerprint density at radius 3 is 2.76 bits per heavy atom. The number of hydrogen-bond acceptors (Lipinski definition) is 4. The number of nitrogens with zero attached hydrogens (tertiary/aromatic N) is 2. The van der Waals surface area contributed by atoms with Crippen molar-refractivity contribution in [2.45, 2.75) is 6.42 Å². The van der Waals surface area contributed by atoms with Crippen LogP contribution in [0.2, 0.25) is 0 Å². The average Bonchev–Trinajstić information content (AvgIpc) is 2.98. The van der Waals surface area contributed by atoms with Gasteiger partial charge in [0.15, 0.2) is 0 Å². The Labute approximate surface area is 126 Å². The molecule has 0 bridgehead atoms. The molecule has 0 aliphatic heterocycles. The van der Waals surface area contributed by atoms with E-state index in [1.54, 1.807) is 29.9 Å². The van der Waals surface area contributed by atoms with Gasteiger partial charge in [-0.1, -0.05) is 30.3 Å².